The molecular weight excluding hydrogens is 521 g/mol. The lowest BCUT2D eigenvalue weighted by Gasteiger charge is -2.19. The van der Waals surface area contributed by atoms with Gasteiger partial charge >= 0.3 is 12.1 Å². The maximum absolute atomic E-state index is 13.7. The van der Waals surface area contributed by atoms with Crippen molar-refractivity contribution in [1.29, 1.82) is 0 Å². The van der Waals surface area contributed by atoms with E-state index < -0.39 is 23.6 Å². The smallest absolute Gasteiger partial charge is 0.416 e. The van der Waals surface area contributed by atoms with Crippen LogP contribution in [-0.2, 0) is 11.0 Å². The van der Waals surface area contributed by atoms with Gasteiger partial charge in [-0.2, -0.15) is 13.2 Å². The van der Waals surface area contributed by atoms with Gasteiger partial charge in [-0.3, -0.25) is 9.69 Å². The Kier molecular flexibility index (Phi) is 6.59. The number of hydrogen-bond donors (Lipinski definition) is 3. The van der Waals surface area contributed by atoms with Crippen molar-refractivity contribution in [2.75, 3.05) is 10.2 Å². The lowest BCUT2D eigenvalue weighted by molar-refractivity contribution is -0.137. The third-order valence-electron chi connectivity index (χ3n) is 6.58. The van der Waals surface area contributed by atoms with Crippen LogP contribution in [0.2, 0.25) is 0 Å². The Morgan fingerprint density at radius 1 is 0.900 bits per heavy atom. The first-order valence-electron chi connectivity index (χ1n) is 12.2. The van der Waals surface area contributed by atoms with E-state index in [-0.39, 0.29) is 28.3 Å². The number of rotatable bonds is 5. The van der Waals surface area contributed by atoms with Crippen molar-refractivity contribution in [2.45, 2.75) is 20.0 Å². The summed E-state index contributed by atoms with van der Waals surface area (Å²) in [6.45, 7) is 3.68. The van der Waals surface area contributed by atoms with E-state index in [0.29, 0.717) is 22.4 Å². The van der Waals surface area contributed by atoms with E-state index in [9.17, 15) is 33.0 Å². The first-order valence-corrected chi connectivity index (χ1v) is 12.2. The van der Waals surface area contributed by atoms with Gasteiger partial charge in [0.2, 0.25) is 0 Å². The molecule has 202 valence electrons. The molecule has 1 aliphatic heterocycles. The number of phenols is 1. The van der Waals surface area contributed by atoms with Crippen LogP contribution in [0.3, 0.4) is 0 Å². The summed E-state index contributed by atoms with van der Waals surface area (Å²) < 4.78 is 40.7. The molecule has 0 aliphatic carbocycles. The molecule has 9 heteroatoms. The highest BCUT2D eigenvalue weighted by molar-refractivity contribution is 6.35. The van der Waals surface area contributed by atoms with E-state index in [2.05, 4.69) is 5.32 Å². The van der Waals surface area contributed by atoms with Crippen molar-refractivity contribution < 1.29 is 33.0 Å². The molecule has 4 aromatic carbocycles. The lowest BCUT2D eigenvalue weighted by atomic mass is 10.0. The predicted octanol–water partition coefficient (Wildman–Crippen LogP) is 7.52. The molecule has 6 nitrogen and oxygen atoms in total. The maximum atomic E-state index is 13.7. The Morgan fingerprint density at radius 3 is 2.27 bits per heavy atom. The van der Waals surface area contributed by atoms with E-state index >= 15 is 0 Å². The van der Waals surface area contributed by atoms with Gasteiger partial charge in [-0.15, -0.1) is 0 Å². The number of carbonyl (C=O) groups excluding carboxylic acids is 1. The number of nitrogens with one attached hydrogen (secondary N) is 1. The van der Waals surface area contributed by atoms with Crippen molar-refractivity contribution in [2.24, 2.45) is 0 Å². The van der Waals surface area contributed by atoms with Crippen LogP contribution >= 0.6 is 0 Å². The topological polar surface area (TPSA) is 89.9 Å². The van der Waals surface area contributed by atoms with Gasteiger partial charge in [-0.1, -0.05) is 36.4 Å². The van der Waals surface area contributed by atoms with Crippen molar-refractivity contribution >= 4 is 34.5 Å². The Hall–Kier alpha value is -5.05. The summed E-state index contributed by atoms with van der Waals surface area (Å²) in [4.78, 5) is 26.3. The zero-order chi connectivity index (χ0) is 28.8. The Labute approximate surface area is 227 Å². The molecule has 0 saturated carbocycles. The van der Waals surface area contributed by atoms with E-state index in [1.165, 1.54) is 29.3 Å². The minimum atomic E-state index is -4.60. The Morgan fingerprint density at radius 2 is 1.60 bits per heavy atom. The predicted molar refractivity (Wildman–Crippen MR) is 147 cm³/mol. The van der Waals surface area contributed by atoms with Crippen LogP contribution < -0.4 is 10.2 Å². The van der Waals surface area contributed by atoms with Crippen molar-refractivity contribution in [3.63, 3.8) is 0 Å². The first-order chi connectivity index (χ1) is 18.9. The standard InChI is InChI=1S/C31H23F3N2O4/c1-17-11-18(2)13-22(12-17)36-27-15-21(31(32,33)34)9-10-24(27)25(29(36)38)16-35-26-8-4-7-23(28(26)37)19-5-3-6-20(14-19)30(39)40/h3-16,35,37H,1-2H3,(H,39,40)/b25-16+. The maximum Gasteiger partial charge on any atom is 0.416 e. The molecule has 3 N–H and O–H groups in total. The highest BCUT2D eigenvalue weighted by atomic mass is 19.4. The molecule has 1 aliphatic rings. The number of phenolic OH excluding ortho intramolecular Hbond substituents is 1. The zero-order valence-electron chi connectivity index (χ0n) is 21.4. The monoisotopic (exact) mass is 544 g/mol. The summed E-state index contributed by atoms with van der Waals surface area (Å²) in [6, 6.07) is 19.4. The first kappa shape index (κ1) is 26.6. The highest BCUT2D eigenvalue weighted by Gasteiger charge is 2.38. The fraction of sp³-hybridized carbons (Fsp3) is 0.0968. The largest absolute Gasteiger partial charge is 0.505 e. The van der Waals surface area contributed by atoms with Gasteiger partial charge in [0.15, 0.2) is 0 Å². The van der Waals surface area contributed by atoms with Crippen molar-refractivity contribution in [1.82, 2.24) is 0 Å². The summed E-state index contributed by atoms with van der Waals surface area (Å²) in [5, 5.41) is 23.2. The van der Waals surface area contributed by atoms with Gasteiger partial charge in [0.1, 0.15) is 5.75 Å². The summed E-state index contributed by atoms with van der Waals surface area (Å²) in [6.07, 6.45) is -3.25. The number of fused-ring (bicyclic) bond motifs is 1. The number of anilines is 3. The second-order valence-corrected chi connectivity index (χ2v) is 9.51. The number of alkyl halides is 3. The molecule has 0 unspecified atom stereocenters. The van der Waals surface area contributed by atoms with Crippen LogP contribution in [0.4, 0.5) is 30.2 Å². The molecule has 4 aromatic rings. The second kappa shape index (κ2) is 9.92. The SMILES string of the molecule is Cc1cc(C)cc(N2C(=O)/C(=C/Nc3cccc(-c4cccc(C(=O)O)c4)c3O)c3ccc(C(F)(F)F)cc32)c1. The summed E-state index contributed by atoms with van der Waals surface area (Å²) in [7, 11) is 0. The number of carboxylic acids is 1. The number of benzene rings is 4. The molecule has 0 atom stereocenters. The number of amides is 1. The van der Waals surface area contributed by atoms with Crippen LogP contribution in [0.25, 0.3) is 16.7 Å². The molecule has 0 fully saturated rings. The summed E-state index contributed by atoms with van der Waals surface area (Å²) >= 11 is 0. The van der Waals surface area contributed by atoms with Crippen molar-refractivity contribution in [3.8, 4) is 16.9 Å². The van der Waals surface area contributed by atoms with Gasteiger partial charge in [-0.25, -0.2) is 4.79 Å². The minimum absolute atomic E-state index is 0.0512. The highest BCUT2D eigenvalue weighted by Crippen LogP contribution is 2.45. The number of aromatic hydroxyl groups is 1. The fourth-order valence-corrected chi connectivity index (χ4v) is 4.80. The molecule has 1 heterocycles. The number of halogens is 3. The molecule has 0 spiro atoms. The quantitative estimate of drug-likeness (QED) is 0.179. The van der Waals surface area contributed by atoms with Crippen LogP contribution in [0.15, 0.2) is 85.1 Å². The summed E-state index contributed by atoms with van der Waals surface area (Å²) in [5.41, 5.74) is 2.86. The molecule has 0 radical (unpaired) electrons. The van der Waals surface area contributed by atoms with Crippen LogP contribution in [0.1, 0.15) is 32.6 Å². The van der Waals surface area contributed by atoms with Crippen molar-refractivity contribution in [3.05, 3.63) is 113 Å². The number of carboxylic acid groups (broad SMARTS) is 1. The number of para-hydroxylation sites is 1. The number of aryl methyl sites for hydroxylation is 2. The fourth-order valence-electron chi connectivity index (χ4n) is 4.80. The molecule has 0 bridgehead atoms. The zero-order valence-corrected chi connectivity index (χ0v) is 21.4. The van der Waals surface area contributed by atoms with Crippen LogP contribution in [-0.4, -0.2) is 22.1 Å². The number of hydrogen-bond acceptors (Lipinski definition) is 4. The van der Waals surface area contributed by atoms with E-state index in [0.717, 1.165) is 23.3 Å². The lowest BCUT2D eigenvalue weighted by Crippen LogP contribution is -2.21. The number of carbonyl (C=O) groups is 2. The normalized spacial score (nSPS) is 14.0. The Bertz CT molecular complexity index is 1690. The average molecular weight is 545 g/mol. The average Bonchev–Trinajstić information content (AvgIpc) is 3.17. The van der Waals surface area contributed by atoms with E-state index in [4.69, 9.17) is 0 Å². The van der Waals surface area contributed by atoms with E-state index in [1.807, 2.05) is 19.9 Å². The molecule has 0 saturated heterocycles. The summed E-state index contributed by atoms with van der Waals surface area (Å²) in [5.74, 6) is -1.83. The van der Waals surface area contributed by atoms with Gasteiger partial charge in [-0.05, 0) is 73.0 Å². The van der Waals surface area contributed by atoms with Gasteiger partial charge in [0, 0.05) is 23.0 Å². The van der Waals surface area contributed by atoms with Crippen LogP contribution in [0, 0.1) is 13.8 Å². The Balaban J connectivity index is 1.57. The van der Waals surface area contributed by atoms with Gasteiger partial charge in [0.05, 0.1) is 28.1 Å². The second-order valence-electron chi connectivity index (χ2n) is 9.51. The van der Waals surface area contributed by atoms with Gasteiger partial charge < -0.3 is 15.5 Å². The third kappa shape index (κ3) is 4.89. The third-order valence-corrected chi connectivity index (χ3v) is 6.58. The van der Waals surface area contributed by atoms with Crippen LogP contribution in [0.5, 0.6) is 5.75 Å². The minimum Gasteiger partial charge on any atom is -0.505 e. The molecule has 1 amide bonds. The molecule has 5 rings (SSSR count). The number of nitrogens with zero attached hydrogens (tertiary/aromatic N) is 1. The molecular formula is C31H23F3N2O4. The van der Waals surface area contributed by atoms with E-state index in [1.54, 1.807) is 42.5 Å². The number of aromatic carboxylic acids is 1. The molecule has 0 aromatic heterocycles. The van der Waals surface area contributed by atoms with Gasteiger partial charge in [0.25, 0.3) is 5.91 Å². The molecule has 40 heavy (non-hydrogen) atoms.